The van der Waals surface area contributed by atoms with E-state index in [0.717, 1.165) is 71.9 Å². The first kappa shape index (κ1) is 36.0. The van der Waals surface area contributed by atoms with E-state index >= 15 is 0 Å². The highest BCUT2D eigenvalue weighted by molar-refractivity contribution is 6.16. The zero-order chi connectivity index (χ0) is 42.1. The number of nitrogens with zero attached hydrogens (tertiary/aromatic N) is 5. The third kappa shape index (κ3) is 5.68. The van der Waals surface area contributed by atoms with Crippen LogP contribution in [0, 0.1) is 0 Å². The minimum absolute atomic E-state index is 0.609. The molecule has 64 heavy (non-hydrogen) atoms. The summed E-state index contributed by atoms with van der Waals surface area (Å²) >= 11 is 0. The minimum Gasteiger partial charge on any atom is -0.309 e. The molecule has 0 bridgehead atoms. The Balaban J connectivity index is 1.08. The zero-order valence-electron chi connectivity index (χ0n) is 34.6. The molecule has 0 unspecified atom stereocenters. The van der Waals surface area contributed by atoms with E-state index in [4.69, 9.17) is 15.0 Å². The summed E-state index contributed by atoms with van der Waals surface area (Å²) in [5.41, 5.74) is 11.7. The van der Waals surface area contributed by atoms with E-state index in [2.05, 4.69) is 228 Å². The molecule has 298 valence electrons. The number of rotatable bonds is 6. The second-order valence-corrected chi connectivity index (χ2v) is 16.4. The molecule has 0 spiro atoms. The maximum atomic E-state index is 5.47. The normalized spacial score (nSPS) is 11.8. The van der Waals surface area contributed by atoms with Crippen molar-refractivity contribution in [2.75, 3.05) is 0 Å². The number of para-hydroxylation sites is 4. The van der Waals surface area contributed by atoms with Crippen LogP contribution in [0.3, 0.4) is 0 Å². The molecule has 0 saturated carbocycles. The lowest BCUT2D eigenvalue weighted by atomic mass is 10.0. The number of hydrogen-bond donors (Lipinski definition) is 0. The van der Waals surface area contributed by atoms with Gasteiger partial charge in [-0.3, -0.25) is 0 Å². The van der Waals surface area contributed by atoms with Crippen molar-refractivity contribution in [3.05, 3.63) is 224 Å². The summed E-state index contributed by atoms with van der Waals surface area (Å²) < 4.78 is 4.77. The first-order valence-corrected chi connectivity index (χ1v) is 21.7. The van der Waals surface area contributed by atoms with E-state index in [1.165, 1.54) is 32.4 Å². The Kier molecular flexibility index (Phi) is 8.15. The second kappa shape index (κ2) is 14.5. The van der Waals surface area contributed by atoms with E-state index in [1.807, 2.05) is 6.07 Å². The fourth-order valence-electron chi connectivity index (χ4n) is 9.86. The standard InChI is InChI=1S/C59H37N5/c1-3-17-38(18-4-1)39-21-13-22-42(35-39)57-60-58(62-59(61-57)50-31-15-29-48-46-25-9-11-32-52(46)63(56(48)50)43-23-5-2-6-24-43)49-30-14-28-45-44(49)27-16-34-54(45)64-53-33-12-10-26-47(53)51-36-40-19-7-8-20-41(40)37-55(51)64/h1-37H. The molecule has 0 amide bonds. The third-order valence-corrected chi connectivity index (χ3v) is 12.7. The van der Waals surface area contributed by atoms with Gasteiger partial charge in [-0.15, -0.1) is 0 Å². The van der Waals surface area contributed by atoms with E-state index < -0.39 is 0 Å². The van der Waals surface area contributed by atoms with Crippen LogP contribution < -0.4 is 0 Å². The maximum absolute atomic E-state index is 5.47. The van der Waals surface area contributed by atoms with Gasteiger partial charge in [-0.2, -0.15) is 0 Å². The highest BCUT2D eigenvalue weighted by Gasteiger charge is 2.22. The lowest BCUT2D eigenvalue weighted by Crippen LogP contribution is -2.03. The zero-order valence-corrected chi connectivity index (χ0v) is 34.6. The average molecular weight is 816 g/mol. The molecule has 0 fully saturated rings. The van der Waals surface area contributed by atoms with E-state index in [9.17, 15) is 0 Å². The van der Waals surface area contributed by atoms with Crippen LogP contribution in [0.25, 0.3) is 122 Å². The van der Waals surface area contributed by atoms with Crippen LogP contribution in [-0.4, -0.2) is 24.1 Å². The van der Waals surface area contributed by atoms with Gasteiger partial charge >= 0.3 is 0 Å². The topological polar surface area (TPSA) is 48.5 Å². The Bertz CT molecular complexity index is 3960. The number of aromatic nitrogens is 5. The molecular weight excluding hydrogens is 779 g/mol. The van der Waals surface area contributed by atoms with Gasteiger partial charge in [-0.05, 0) is 81.9 Å². The van der Waals surface area contributed by atoms with E-state index in [1.54, 1.807) is 0 Å². The first-order valence-electron chi connectivity index (χ1n) is 21.7. The van der Waals surface area contributed by atoms with Crippen molar-refractivity contribution in [1.82, 2.24) is 24.1 Å². The van der Waals surface area contributed by atoms with Crippen molar-refractivity contribution in [2.45, 2.75) is 0 Å². The molecule has 0 atom stereocenters. The quantitative estimate of drug-likeness (QED) is 0.168. The van der Waals surface area contributed by atoms with Crippen LogP contribution in [0.15, 0.2) is 224 Å². The summed E-state index contributed by atoms with van der Waals surface area (Å²) in [6.07, 6.45) is 0. The molecule has 5 heteroatoms. The number of hydrogen-bond acceptors (Lipinski definition) is 3. The predicted octanol–water partition coefficient (Wildman–Crippen LogP) is 15.0. The van der Waals surface area contributed by atoms with E-state index in [-0.39, 0.29) is 0 Å². The predicted molar refractivity (Wildman–Crippen MR) is 265 cm³/mol. The number of fused-ring (bicyclic) bond motifs is 8. The van der Waals surface area contributed by atoms with Crippen molar-refractivity contribution in [2.24, 2.45) is 0 Å². The second-order valence-electron chi connectivity index (χ2n) is 16.4. The fraction of sp³-hybridized carbons (Fsp3) is 0. The van der Waals surface area contributed by atoms with Gasteiger partial charge in [0.1, 0.15) is 0 Å². The van der Waals surface area contributed by atoms with Gasteiger partial charge in [0.05, 0.1) is 27.8 Å². The Labute approximate surface area is 368 Å². The molecule has 0 radical (unpaired) electrons. The molecule has 3 aromatic heterocycles. The molecule has 0 N–H and O–H groups in total. The largest absolute Gasteiger partial charge is 0.309 e. The van der Waals surface area contributed by atoms with Crippen LogP contribution in [0.2, 0.25) is 0 Å². The third-order valence-electron chi connectivity index (χ3n) is 12.7. The Morgan fingerprint density at radius 1 is 0.281 bits per heavy atom. The summed E-state index contributed by atoms with van der Waals surface area (Å²) in [6, 6.07) is 79.8. The molecule has 0 aliphatic carbocycles. The molecule has 10 aromatic carbocycles. The average Bonchev–Trinajstić information content (AvgIpc) is 3.88. The lowest BCUT2D eigenvalue weighted by Gasteiger charge is -2.15. The van der Waals surface area contributed by atoms with Crippen LogP contribution in [-0.2, 0) is 0 Å². The summed E-state index contributed by atoms with van der Waals surface area (Å²) in [4.78, 5) is 16.2. The molecule has 13 aromatic rings. The van der Waals surface area contributed by atoms with Crippen LogP contribution in [0.4, 0.5) is 0 Å². The summed E-state index contributed by atoms with van der Waals surface area (Å²) in [5.74, 6) is 1.83. The van der Waals surface area contributed by atoms with Gasteiger partial charge in [0.25, 0.3) is 0 Å². The summed E-state index contributed by atoms with van der Waals surface area (Å²) in [7, 11) is 0. The van der Waals surface area contributed by atoms with E-state index in [0.29, 0.717) is 17.5 Å². The van der Waals surface area contributed by atoms with Crippen molar-refractivity contribution in [1.29, 1.82) is 0 Å². The van der Waals surface area contributed by atoms with Gasteiger partial charge in [0.2, 0.25) is 0 Å². The number of benzene rings is 10. The highest BCUT2D eigenvalue weighted by atomic mass is 15.1. The van der Waals surface area contributed by atoms with Crippen molar-refractivity contribution in [3.8, 4) is 56.7 Å². The lowest BCUT2D eigenvalue weighted by molar-refractivity contribution is 1.07. The first-order chi connectivity index (χ1) is 31.7. The molecular formula is C59H37N5. The molecule has 0 aliphatic rings. The molecule has 0 saturated heterocycles. The van der Waals surface area contributed by atoms with Crippen molar-refractivity contribution >= 4 is 65.2 Å². The monoisotopic (exact) mass is 815 g/mol. The molecule has 13 rings (SSSR count). The van der Waals surface area contributed by atoms with Crippen LogP contribution >= 0.6 is 0 Å². The van der Waals surface area contributed by atoms with Gasteiger partial charge in [0, 0.05) is 49.3 Å². The van der Waals surface area contributed by atoms with Gasteiger partial charge in [0.15, 0.2) is 17.5 Å². The molecule has 0 aliphatic heterocycles. The highest BCUT2D eigenvalue weighted by Crippen LogP contribution is 2.41. The fourth-order valence-corrected chi connectivity index (χ4v) is 9.86. The van der Waals surface area contributed by atoms with Gasteiger partial charge in [-0.1, -0.05) is 170 Å². The Morgan fingerprint density at radius 3 is 1.61 bits per heavy atom. The molecule has 3 heterocycles. The minimum atomic E-state index is 0.609. The van der Waals surface area contributed by atoms with Crippen molar-refractivity contribution in [3.63, 3.8) is 0 Å². The van der Waals surface area contributed by atoms with Gasteiger partial charge in [-0.25, -0.2) is 15.0 Å². The smallest absolute Gasteiger partial charge is 0.166 e. The SMILES string of the molecule is c1ccc(-c2cccc(-c3nc(-c4cccc5c(-n6c7ccccc7c7cc8ccccc8cc76)cccc45)nc(-c4cccc5c6ccccc6n(-c6ccccc6)c45)n3)c2)cc1. The maximum Gasteiger partial charge on any atom is 0.166 e. The van der Waals surface area contributed by atoms with Crippen LogP contribution in [0.5, 0.6) is 0 Å². The Morgan fingerprint density at radius 2 is 0.812 bits per heavy atom. The summed E-state index contributed by atoms with van der Waals surface area (Å²) in [6.45, 7) is 0. The molecule has 5 nitrogen and oxygen atoms in total. The van der Waals surface area contributed by atoms with Gasteiger partial charge < -0.3 is 9.13 Å². The van der Waals surface area contributed by atoms with Crippen LogP contribution in [0.1, 0.15) is 0 Å². The van der Waals surface area contributed by atoms with Crippen molar-refractivity contribution < 1.29 is 0 Å². The Hall–Kier alpha value is -8.67. The summed E-state index contributed by atoms with van der Waals surface area (Å²) in [5, 5.41) is 9.38.